The van der Waals surface area contributed by atoms with E-state index in [9.17, 15) is 28.8 Å². The molecule has 1 aromatic heterocycles. The Morgan fingerprint density at radius 3 is 2.39 bits per heavy atom. The van der Waals surface area contributed by atoms with Crippen LogP contribution in [0.1, 0.15) is 108 Å². The van der Waals surface area contributed by atoms with Gasteiger partial charge in [0.2, 0.25) is 0 Å². The van der Waals surface area contributed by atoms with Crippen LogP contribution in [0.4, 0.5) is 4.79 Å². The van der Waals surface area contributed by atoms with Gasteiger partial charge in [0.1, 0.15) is 34.1 Å². The van der Waals surface area contributed by atoms with Gasteiger partial charge in [-0.3, -0.25) is 19.2 Å². The smallest absolute Gasteiger partial charge is 0.408 e. The average molecular weight is 811 g/mol. The highest BCUT2D eigenvalue weighted by Crippen LogP contribution is 2.16. The van der Waals surface area contributed by atoms with Crippen molar-refractivity contribution in [3.63, 3.8) is 0 Å². The Labute approximate surface area is 330 Å². The van der Waals surface area contributed by atoms with Gasteiger partial charge < -0.3 is 29.7 Å². The van der Waals surface area contributed by atoms with Crippen molar-refractivity contribution in [2.75, 3.05) is 19.4 Å². The SMILES string of the molecule is C/C=C(\NC(=O)c1csc(CNC(=O)OC(C)(C)C)n1)C(=O)N(C)[C@@H](C)C(=O)O[C@H](/C=C/CCSC(=O)CCCCCCC)CC(=O)OCC[Si](C)(C)C. The van der Waals surface area contributed by atoms with Gasteiger partial charge in [-0.15, -0.1) is 11.3 Å². The van der Waals surface area contributed by atoms with Crippen LogP contribution in [0.5, 0.6) is 0 Å². The van der Waals surface area contributed by atoms with Crippen molar-refractivity contribution in [3.8, 4) is 0 Å². The summed E-state index contributed by atoms with van der Waals surface area (Å²) in [5, 5.41) is 7.23. The van der Waals surface area contributed by atoms with E-state index in [1.165, 1.54) is 43.6 Å². The molecule has 0 saturated heterocycles. The Morgan fingerprint density at radius 2 is 1.76 bits per heavy atom. The van der Waals surface area contributed by atoms with E-state index in [0.29, 0.717) is 23.6 Å². The lowest BCUT2D eigenvalue weighted by molar-refractivity contribution is -0.158. The number of carbonyl (C=O) groups excluding carboxylic acids is 6. The normalized spacial score (nSPS) is 13.2. The quantitative estimate of drug-likeness (QED) is 0.0282. The summed E-state index contributed by atoms with van der Waals surface area (Å²) in [4.78, 5) is 82.0. The molecule has 0 unspecified atom stereocenters. The van der Waals surface area contributed by atoms with Crippen LogP contribution in [0, 0.1) is 0 Å². The Bertz CT molecular complexity index is 1450. The van der Waals surface area contributed by atoms with Gasteiger partial charge in [0.25, 0.3) is 11.8 Å². The van der Waals surface area contributed by atoms with Crippen molar-refractivity contribution in [2.45, 2.75) is 143 Å². The number of hydrogen-bond donors (Lipinski definition) is 2. The van der Waals surface area contributed by atoms with E-state index < -0.39 is 55.7 Å². The molecule has 0 spiro atoms. The maximum Gasteiger partial charge on any atom is 0.408 e. The minimum absolute atomic E-state index is 0.0415. The number of alkyl carbamates (subject to hydrolysis) is 1. The van der Waals surface area contributed by atoms with Crippen LogP contribution in [-0.2, 0) is 39.9 Å². The van der Waals surface area contributed by atoms with Crippen LogP contribution in [0.2, 0.25) is 25.7 Å². The molecule has 0 fully saturated rings. The molecule has 1 aromatic rings. The average Bonchev–Trinajstić information content (AvgIpc) is 3.56. The number of hydrogen-bond acceptors (Lipinski definition) is 12. The molecule has 54 heavy (non-hydrogen) atoms. The summed E-state index contributed by atoms with van der Waals surface area (Å²) in [6.45, 7) is 17.3. The number of carbonyl (C=O) groups is 6. The summed E-state index contributed by atoms with van der Waals surface area (Å²) < 4.78 is 16.4. The van der Waals surface area contributed by atoms with E-state index in [4.69, 9.17) is 14.2 Å². The lowest BCUT2D eigenvalue weighted by Gasteiger charge is -2.26. The number of amides is 3. The Balaban J connectivity index is 2.85. The number of rotatable bonds is 23. The molecule has 16 heteroatoms. The molecule has 0 radical (unpaired) electrons. The number of likely N-dealkylation sites (N-methyl/N-ethyl adjacent to an activating group) is 1. The lowest BCUT2D eigenvalue weighted by atomic mass is 10.1. The topological polar surface area (TPSA) is 170 Å². The molecule has 1 heterocycles. The first-order chi connectivity index (χ1) is 25.3. The minimum Gasteiger partial charge on any atom is -0.466 e. The number of nitrogens with one attached hydrogen (secondary N) is 2. The number of esters is 2. The molecular formula is C38H62N4O9S2Si. The van der Waals surface area contributed by atoms with Gasteiger partial charge in [0.05, 0.1) is 19.6 Å². The van der Waals surface area contributed by atoms with Gasteiger partial charge in [-0.2, -0.15) is 0 Å². The fourth-order valence-electron chi connectivity index (χ4n) is 4.44. The zero-order chi connectivity index (χ0) is 40.9. The number of thiazole rings is 1. The molecule has 2 atom stereocenters. The maximum atomic E-state index is 13.4. The highest BCUT2D eigenvalue weighted by molar-refractivity contribution is 8.13. The first-order valence-corrected chi connectivity index (χ1v) is 24.2. The number of allylic oxidation sites excluding steroid dienone is 2. The summed E-state index contributed by atoms with van der Waals surface area (Å²) in [5.41, 5.74) is -0.706. The predicted molar refractivity (Wildman–Crippen MR) is 217 cm³/mol. The lowest BCUT2D eigenvalue weighted by Crippen LogP contribution is -2.45. The zero-order valence-electron chi connectivity index (χ0n) is 33.8. The fourth-order valence-corrected chi connectivity index (χ4v) is 6.64. The van der Waals surface area contributed by atoms with E-state index in [1.54, 1.807) is 39.8 Å². The Morgan fingerprint density at radius 1 is 1.07 bits per heavy atom. The highest BCUT2D eigenvalue weighted by Gasteiger charge is 2.29. The first-order valence-electron chi connectivity index (χ1n) is 18.6. The third-order valence-electron chi connectivity index (χ3n) is 7.71. The standard InChI is InChI=1S/C38H62N4O9S2Si/c1-11-13-14-15-16-20-33(44)52-22-18-17-19-28(24-32(43)49-21-23-54(8,9)10)50-36(47)27(3)42(7)35(46)29(12-2)41-34(45)30-26-53-31(40-30)25-39-37(48)51-38(4,5)6/h12,17,19,26-28H,11,13-16,18,20-25H2,1-10H3,(H,39,48)(H,41,45)/b19-17+,29-12-/t27-,28+/m0/s1. The molecule has 2 N–H and O–H groups in total. The number of aromatic nitrogens is 1. The van der Waals surface area contributed by atoms with Crippen molar-refractivity contribution in [2.24, 2.45) is 0 Å². The van der Waals surface area contributed by atoms with Gasteiger partial charge in [-0.05, 0) is 59.6 Å². The van der Waals surface area contributed by atoms with E-state index >= 15 is 0 Å². The number of ether oxygens (including phenoxy) is 3. The molecule has 0 aliphatic carbocycles. The first kappa shape index (κ1) is 48.5. The Hall–Kier alpha value is -3.50. The third-order valence-corrected chi connectivity index (χ3v) is 11.2. The largest absolute Gasteiger partial charge is 0.466 e. The highest BCUT2D eigenvalue weighted by atomic mass is 32.2. The van der Waals surface area contributed by atoms with Crippen LogP contribution in [0.3, 0.4) is 0 Å². The summed E-state index contributed by atoms with van der Waals surface area (Å²) in [6, 6.07) is -0.288. The predicted octanol–water partition coefficient (Wildman–Crippen LogP) is 7.40. The van der Waals surface area contributed by atoms with Gasteiger partial charge in [-0.1, -0.05) is 76.2 Å². The van der Waals surface area contributed by atoms with Gasteiger partial charge >= 0.3 is 18.0 Å². The molecule has 1 rings (SSSR count). The zero-order valence-corrected chi connectivity index (χ0v) is 36.5. The number of thioether (sulfide) groups is 1. The van der Waals surface area contributed by atoms with E-state index in [0.717, 1.165) is 48.0 Å². The molecule has 304 valence electrons. The maximum absolute atomic E-state index is 13.4. The van der Waals surface area contributed by atoms with Crippen LogP contribution in [0.25, 0.3) is 0 Å². The second kappa shape index (κ2) is 24.8. The van der Waals surface area contributed by atoms with Gasteiger partial charge in [0, 0.05) is 32.7 Å². The summed E-state index contributed by atoms with van der Waals surface area (Å²) in [7, 11) is -0.0304. The van der Waals surface area contributed by atoms with Gasteiger partial charge in [0.15, 0.2) is 5.12 Å². The summed E-state index contributed by atoms with van der Waals surface area (Å²) in [6.07, 6.45) is 9.51. The van der Waals surface area contributed by atoms with Gasteiger partial charge in [-0.25, -0.2) is 14.6 Å². The molecule has 0 saturated carbocycles. The molecule has 0 aromatic carbocycles. The van der Waals surface area contributed by atoms with Crippen molar-refractivity contribution < 1.29 is 43.0 Å². The number of nitrogens with zero attached hydrogens (tertiary/aromatic N) is 2. The van der Waals surface area contributed by atoms with Crippen LogP contribution < -0.4 is 10.6 Å². The number of unbranched alkanes of at least 4 members (excludes halogenated alkanes) is 4. The van der Waals surface area contributed by atoms with E-state index in [1.807, 2.05) is 0 Å². The van der Waals surface area contributed by atoms with Crippen molar-refractivity contribution in [1.29, 1.82) is 0 Å². The second-order valence-electron chi connectivity index (χ2n) is 15.0. The van der Waals surface area contributed by atoms with Crippen molar-refractivity contribution >= 4 is 66.1 Å². The fraction of sp³-hybridized carbons (Fsp3) is 0.658. The minimum atomic E-state index is -1.43. The molecule has 0 bridgehead atoms. The van der Waals surface area contributed by atoms with E-state index in [-0.39, 0.29) is 36.1 Å². The second-order valence-corrected chi connectivity index (χ2v) is 22.8. The van der Waals surface area contributed by atoms with Crippen LogP contribution in [0.15, 0.2) is 29.3 Å². The third kappa shape index (κ3) is 21.4. The molecular weight excluding hydrogens is 749 g/mol. The Kier molecular flexibility index (Phi) is 22.3. The molecule has 3 amide bonds. The van der Waals surface area contributed by atoms with Crippen molar-refractivity contribution in [1.82, 2.24) is 20.5 Å². The van der Waals surface area contributed by atoms with Crippen molar-refractivity contribution in [3.05, 3.63) is 40.0 Å². The molecule has 0 aliphatic rings. The van der Waals surface area contributed by atoms with E-state index in [2.05, 4.69) is 42.2 Å². The summed E-state index contributed by atoms with van der Waals surface area (Å²) >= 11 is 2.42. The van der Waals surface area contributed by atoms with Crippen LogP contribution >= 0.6 is 23.1 Å². The molecule has 13 nitrogen and oxygen atoms in total. The monoisotopic (exact) mass is 810 g/mol. The van der Waals surface area contributed by atoms with Crippen LogP contribution in [-0.4, -0.2) is 90.1 Å². The molecule has 0 aliphatic heterocycles. The summed E-state index contributed by atoms with van der Waals surface area (Å²) in [5.74, 6) is -2.01.